The molecule has 0 unspecified atom stereocenters. The summed E-state index contributed by atoms with van der Waals surface area (Å²) in [6.07, 6.45) is 0. The summed E-state index contributed by atoms with van der Waals surface area (Å²) in [6.45, 7) is -0.308. The zero-order chi connectivity index (χ0) is 18.6. The van der Waals surface area contributed by atoms with Crippen LogP contribution in [0.2, 0.25) is 0 Å². The maximum absolute atomic E-state index is 12.6. The van der Waals surface area contributed by atoms with Crippen LogP contribution in [0.1, 0.15) is 20.7 Å². The van der Waals surface area contributed by atoms with Crippen LogP contribution in [0.25, 0.3) is 22.4 Å². The molecule has 0 aliphatic carbocycles. The molecule has 5 heteroatoms. The normalized spacial score (nSPS) is 10.7. The van der Waals surface area contributed by atoms with Gasteiger partial charge in [-0.2, -0.15) is 0 Å². The Morgan fingerprint density at radius 3 is 2.37 bits per heavy atom. The second kappa shape index (κ2) is 7.25. The van der Waals surface area contributed by atoms with Gasteiger partial charge in [-0.05, 0) is 18.2 Å². The number of carbonyl (C=O) groups excluding carboxylic acids is 2. The zero-order valence-electron chi connectivity index (χ0n) is 14.4. The van der Waals surface area contributed by atoms with Crippen LogP contribution in [0.15, 0.2) is 78.9 Å². The number of benzene rings is 3. The van der Waals surface area contributed by atoms with Crippen molar-refractivity contribution in [1.29, 1.82) is 0 Å². The van der Waals surface area contributed by atoms with Crippen molar-refractivity contribution in [2.45, 2.75) is 0 Å². The van der Waals surface area contributed by atoms with E-state index in [1.165, 1.54) is 0 Å². The van der Waals surface area contributed by atoms with Crippen molar-refractivity contribution in [2.75, 3.05) is 6.61 Å². The summed E-state index contributed by atoms with van der Waals surface area (Å²) < 4.78 is 5.25. The largest absolute Gasteiger partial charge is 0.454 e. The van der Waals surface area contributed by atoms with E-state index >= 15 is 0 Å². The molecular weight excluding hydrogens is 340 g/mol. The lowest BCUT2D eigenvalue weighted by Gasteiger charge is -2.08. The smallest absolute Gasteiger partial charge is 0.339 e. The molecule has 1 aromatic heterocycles. The van der Waals surface area contributed by atoms with Crippen LogP contribution >= 0.6 is 0 Å². The number of imidazole rings is 1. The van der Waals surface area contributed by atoms with Gasteiger partial charge in [-0.1, -0.05) is 60.7 Å². The van der Waals surface area contributed by atoms with Crippen LogP contribution in [0.5, 0.6) is 0 Å². The van der Waals surface area contributed by atoms with Crippen molar-refractivity contribution < 1.29 is 14.3 Å². The molecule has 4 rings (SSSR count). The maximum Gasteiger partial charge on any atom is 0.339 e. The first kappa shape index (κ1) is 16.7. The number of para-hydroxylation sites is 2. The van der Waals surface area contributed by atoms with Crippen molar-refractivity contribution in [3.63, 3.8) is 0 Å². The summed E-state index contributed by atoms with van der Waals surface area (Å²) in [6, 6.07) is 23.4. The SMILES string of the molecule is O=C(COC(=O)c1ccccc1-c1nc2ccccc2[nH]1)c1ccccc1. The van der Waals surface area contributed by atoms with Gasteiger partial charge in [-0.25, -0.2) is 9.78 Å². The number of ketones is 1. The third-order valence-corrected chi connectivity index (χ3v) is 4.22. The monoisotopic (exact) mass is 356 g/mol. The molecule has 0 spiro atoms. The first-order valence-electron chi connectivity index (χ1n) is 8.52. The molecule has 5 nitrogen and oxygen atoms in total. The number of nitrogens with zero attached hydrogens (tertiary/aromatic N) is 1. The number of rotatable bonds is 5. The van der Waals surface area contributed by atoms with Crippen LogP contribution in [-0.2, 0) is 4.74 Å². The molecule has 4 aromatic rings. The Labute approximate surface area is 155 Å². The quantitative estimate of drug-likeness (QED) is 0.428. The molecular formula is C22H16N2O3. The van der Waals surface area contributed by atoms with E-state index in [0.717, 1.165) is 11.0 Å². The average molecular weight is 356 g/mol. The van der Waals surface area contributed by atoms with E-state index in [0.29, 0.717) is 22.5 Å². The molecule has 0 fully saturated rings. The fourth-order valence-corrected chi connectivity index (χ4v) is 2.86. The number of hydrogen-bond donors (Lipinski definition) is 1. The van der Waals surface area contributed by atoms with E-state index in [2.05, 4.69) is 9.97 Å². The Morgan fingerprint density at radius 1 is 0.852 bits per heavy atom. The van der Waals surface area contributed by atoms with Crippen molar-refractivity contribution in [2.24, 2.45) is 0 Å². The summed E-state index contributed by atoms with van der Waals surface area (Å²) >= 11 is 0. The van der Waals surface area contributed by atoms with Gasteiger partial charge in [-0.3, -0.25) is 4.79 Å². The summed E-state index contributed by atoms with van der Waals surface area (Å²) in [5.41, 5.74) is 3.20. The summed E-state index contributed by atoms with van der Waals surface area (Å²) in [5.74, 6) is -0.223. The first-order valence-corrected chi connectivity index (χ1v) is 8.52. The lowest BCUT2D eigenvalue weighted by atomic mass is 10.1. The lowest BCUT2D eigenvalue weighted by molar-refractivity contribution is 0.0475. The van der Waals surface area contributed by atoms with E-state index < -0.39 is 5.97 Å². The molecule has 3 aromatic carbocycles. The van der Waals surface area contributed by atoms with Gasteiger partial charge < -0.3 is 9.72 Å². The lowest BCUT2D eigenvalue weighted by Crippen LogP contribution is -2.15. The molecule has 0 aliphatic rings. The third-order valence-electron chi connectivity index (χ3n) is 4.22. The highest BCUT2D eigenvalue weighted by Crippen LogP contribution is 2.24. The summed E-state index contributed by atoms with van der Waals surface area (Å²) in [7, 11) is 0. The van der Waals surface area contributed by atoms with Crippen LogP contribution in [-0.4, -0.2) is 28.3 Å². The Kier molecular flexibility index (Phi) is 4.49. The Morgan fingerprint density at radius 2 is 1.56 bits per heavy atom. The second-order valence-corrected chi connectivity index (χ2v) is 6.01. The van der Waals surface area contributed by atoms with Crippen LogP contribution in [0.3, 0.4) is 0 Å². The van der Waals surface area contributed by atoms with Gasteiger partial charge in [-0.15, -0.1) is 0 Å². The first-order chi connectivity index (χ1) is 13.2. The highest BCUT2D eigenvalue weighted by Gasteiger charge is 2.17. The number of H-pyrrole nitrogens is 1. The van der Waals surface area contributed by atoms with Gasteiger partial charge in [0.25, 0.3) is 0 Å². The number of hydrogen-bond acceptors (Lipinski definition) is 4. The maximum atomic E-state index is 12.6. The molecule has 0 saturated heterocycles. The number of nitrogens with one attached hydrogen (secondary N) is 1. The molecule has 0 saturated carbocycles. The van der Waals surface area contributed by atoms with Gasteiger partial charge in [0, 0.05) is 11.1 Å². The molecule has 1 heterocycles. The van der Waals surface area contributed by atoms with Gasteiger partial charge in [0.1, 0.15) is 5.82 Å². The Hall–Kier alpha value is -3.73. The van der Waals surface area contributed by atoms with Gasteiger partial charge in [0.15, 0.2) is 12.4 Å². The zero-order valence-corrected chi connectivity index (χ0v) is 14.4. The van der Waals surface area contributed by atoms with Crippen LogP contribution in [0.4, 0.5) is 0 Å². The third kappa shape index (κ3) is 3.48. The molecule has 0 bridgehead atoms. The molecule has 0 atom stereocenters. The van der Waals surface area contributed by atoms with E-state index in [1.807, 2.05) is 36.4 Å². The minimum absolute atomic E-state index is 0.245. The molecule has 0 amide bonds. The minimum Gasteiger partial charge on any atom is -0.454 e. The number of aromatic amines is 1. The summed E-state index contributed by atoms with van der Waals surface area (Å²) in [4.78, 5) is 32.5. The highest BCUT2D eigenvalue weighted by molar-refractivity contribution is 6.01. The Balaban J connectivity index is 1.57. The number of aromatic nitrogens is 2. The van der Waals surface area contributed by atoms with Crippen molar-refractivity contribution in [3.05, 3.63) is 90.0 Å². The van der Waals surface area contributed by atoms with Crippen LogP contribution in [0, 0.1) is 0 Å². The van der Waals surface area contributed by atoms with E-state index in [4.69, 9.17) is 4.74 Å². The topological polar surface area (TPSA) is 72.1 Å². The summed E-state index contributed by atoms with van der Waals surface area (Å²) in [5, 5.41) is 0. The average Bonchev–Trinajstić information content (AvgIpc) is 3.16. The van der Waals surface area contributed by atoms with E-state index in [1.54, 1.807) is 42.5 Å². The molecule has 27 heavy (non-hydrogen) atoms. The number of esters is 1. The predicted octanol–water partition coefficient (Wildman–Crippen LogP) is 4.27. The minimum atomic E-state index is -0.560. The second-order valence-electron chi connectivity index (χ2n) is 6.01. The van der Waals surface area contributed by atoms with E-state index in [-0.39, 0.29) is 12.4 Å². The van der Waals surface area contributed by atoms with Crippen molar-refractivity contribution in [1.82, 2.24) is 9.97 Å². The van der Waals surface area contributed by atoms with E-state index in [9.17, 15) is 9.59 Å². The molecule has 132 valence electrons. The van der Waals surface area contributed by atoms with Crippen molar-refractivity contribution in [3.8, 4) is 11.4 Å². The standard InChI is InChI=1S/C22H16N2O3/c25-20(15-8-2-1-3-9-15)14-27-22(26)17-11-5-4-10-16(17)21-23-18-12-6-7-13-19(18)24-21/h1-13H,14H2,(H,23,24). The number of ether oxygens (including phenoxy) is 1. The fourth-order valence-electron chi connectivity index (χ4n) is 2.86. The van der Waals surface area contributed by atoms with Crippen LogP contribution < -0.4 is 0 Å². The number of Topliss-reactive ketones (excluding diaryl/α,β-unsaturated/α-hetero) is 1. The molecule has 0 radical (unpaired) electrons. The van der Waals surface area contributed by atoms with Gasteiger partial charge >= 0.3 is 5.97 Å². The van der Waals surface area contributed by atoms with Gasteiger partial charge in [0.05, 0.1) is 16.6 Å². The number of carbonyl (C=O) groups is 2. The molecule has 1 N–H and O–H groups in total. The molecule has 0 aliphatic heterocycles. The Bertz CT molecular complexity index is 1080. The number of fused-ring (bicyclic) bond motifs is 1. The van der Waals surface area contributed by atoms with Crippen molar-refractivity contribution >= 4 is 22.8 Å². The highest BCUT2D eigenvalue weighted by atomic mass is 16.5. The fraction of sp³-hybridized carbons (Fsp3) is 0.0455. The predicted molar refractivity (Wildman–Crippen MR) is 103 cm³/mol. The van der Waals surface area contributed by atoms with Gasteiger partial charge in [0.2, 0.25) is 0 Å².